The van der Waals surface area contributed by atoms with Crippen molar-refractivity contribution in [3.8, 4) is 0 Å². The maximum atomic E-state index is 5.84. The third-order valence-corrected chi connectivity index (χ3v) is 5.11. The van der Waals surface area contributed by atoms with Crippen molar-refractivity contribution in [1.29, 1.82) is 0 Å². The third kappa shape index (κ3) is 3.51. The Kier molecular flexibility index (Phi) is 5.50. The molecule has 2 rings (SSSR count). The molecule has 1 heteroatoms. The molecule has 2 aliphatic rings. The highest BCUT2D eigenvalue weighted by Crippen LogP contribution is 2.49. The van der Waals surface area contributed by atoms with Crippen LogP contribution in [0.3, 0.4) is 0 Å². The molecule has 2 bridgehead atoms. The highest BCUT2D eigenvalue weighted by atomic mass is 16.5. The van der Waals surface area contributed by atoms with E-state index >= 15 is 0 Å². The molecule has 0 aromatic heterocycles. The fraction of sp³-hybridized carbons (Fsp3) is 0.600. The van der Waals surface area contributed by atoms with Gasteiger partial charge in [0.05, 0.1) is 7.11 Å². The Labute approximate surface area is 130 Å². The average molecular weight is 286 g/mol. The summed E-state index contributed by atoms with van der Waals surface area (Å²) in [6.45, 7) is 10.8. The molecule has 21 heavy (non-hydrogen) atoms. The van der Waals surface area contributed by atoms with Gasteiger partial charge in [0.2, 0.25) is 0 Å². The number of fused-ring (bicyclic) bond motifs is 2. The van der Waals surface area contributed by atoms with Crippen LogP contribution in [0.1, 0.15) is 46.5 Å². The SMILES string of the molecule is C=CC(=C\C=C/C)/C(OC)=C1\C(C)CC2CC(C)CC1C2. The predicted molar refractivity (Wildman–Crippen MR) is 90.9 cm³/mol. The summed E-state index contributed by atoms with van der Waals surface area (Å²) >= 11 is 0. The molecular weight excluding hydrogens is 256 g/mol. The molecule has 2 fully saturated rings. The van der Waals surface area contributed by atoms with Crippen LogP contribution in [-0.2, 0) is 4.74 Å². The molecule has 116 valence electrons. The van der Waals surface area contributed by atoms with E-state index in [-0.39, 0.29) is 0 Å². The van der Waals surface area contributed by atoms with Gasteiger partial charge in [0.15, 0.2) is 0 Å². The van der Waals surface area contributed by atoms with Crippen LogP contribution in [0.2, 0.25) is 0 Å². The fourth-order valence-corrected chi connectivity index (χ4v) is 4.47. The molecule has 0 N–H and O–H groups in total. The largest absolute Gasteiger partial charge is 0.496 e. The van der Waals surface area contributed by atoms with Gasteiger partial charge in [0.1, 0.15) is 5.76 Å². The van der Waals surface area contributed by atoms with Crippen molar-refractivity contribution < 1.29 is 4.74 Å². The molecule has 0 saturated heterocycles. The van der Waals surface area contributed by atoms with Gasteiger partial charge in [-0.1, -0.05) is 44.7 Å². The zero-order valence-corrected chi connectivity index (χ0v) is 14.1. The first-order valence-corrected chi connectivity index (χ1v) is 8.34. The van der Waals surface area contributed by atoms with Crippen molar-refractivity contribution in [2.75, 3.05) is 7.11 Å². The van der Waals surface area contributed by atoms with Gasteiger partial charge in [-0.25, -0.2) is 0 Å². The molecule has 0 spiro atoms. The number of hydrogen-bond acceptors (Lipinski definition) is 1. The molecule has 0 radical (unpaired) electrons. The van der Waals surface area contributed by atoms with Crippen molar-refractivity contribution in [2.24, 2.45) is 23.7 Å². The van der Waals surface area contributed by atoms with Crippen LogP contribution in [0.4, 0.5) is 0 Å². The van der Waals surface area contributed by atoms with E-state index in [4.69, 9.17) is 4.74 Å². The van der Waals surface area contributed by atoms with Gasteiger partial charge in [0, 0.05) is 5.57 Å². The quantitative estimate of drug-likeness (QED) is 0.478. The molecule has 4 atom stereocenters. The van der Waals surface area contributed by atoms with E-state index in [0.29, 0.717) is 11.8 Å². The number of hydrogen-bond donors (Lipinski definition) is 0. The van der Waals surface area contributed by atoms with E-state index in [1.54, 1.807) is 7.11 Å². The molecular formula is C20H30O. The zero-order chi connectivity index (χ0) is 15.4. The minimum atomic E-state index is 0.630. The van der Waals surface area contributed by atoms with Gasteiger partial charge >= 0.3 is 0 Å². The van der Waals surface area contributed by atoms with Crippen LogP contribution in [0.5, 0.6) is 0 Å². The van der Waals surface area contributed by atoms with E-state index in [1.807, 2.05) is 19.1 Å². The number of ether oxygens (including phenoxy) is 1. The molecule has 0 aliphatic heterocycles. The molecule has 0 heterocycles. The van der Waals surface area contributed by atoms with E-state index in [2.05, 4.69) is 32.6 Å². The monoisotopic (exact) mass is 286 g/mol. The molecule has 0 aromatic carbocycles. The maximum absolute atomic E-state index is 5.84. The van der Waals surface area contributed by atoms with Crippen molar-refractivity contribution in [2.45, 2.75) is 46.5 Å². The summed E-state index contributed by atoms with van der Waals surface area (Å²) in [5.41, 5.74) is 2.66. The van der Waals surface area contributed by atoms with Crippen LogP contribution < -0.4 is 0 Å². The van der Waals surface area contributed by atoms with Crippen LogP contribution in [0.25, 0.3) is 0 Å². The van der Waals surface area contributed by atoms with Crippen LogP contribution in [0, 0.1) is 23.7 Å². The van der Waals surface area contributed by atoms with Crippen molar-refractivity contribution >= 4 is 0 Å². The lowest BCUT2D eigenvalue weighted by atomic mass is 9.62. The zero-order valence-electron chi connectivity index (χ0n) is 14.1. The van der Waals surface area contributed by atoms with Gasteiger partial charge in [-0.05, 0) is 61.9 Å². The van der Waals surface area contributed by atoms with Crippen LogP contribution in [0.15, 0.2) is 47.8 Å². The highest BCUT2D eigenvalue weighted by Gasteiger charge is 2.38. The summed E-state index contributed by atoms with van der Waals surface area (Å²) in [7, 11) is 1.81. The second-order valence-corrected chi connectivity index (χ2v) is 6.85. The summed E-state index contributed by atoms with van der Waals surface area (Å²) in [4.78, 5) is 0. The van der Waals surface area contributed by atoms with E-state index < -0.39 is 0 Å². The second-order valence-electron chi connectivity index (χ2n) is 6.85. The van der Waals surface area contributed by atoms with Gasteiger partial charge in [-0.2, -0.15) is 0 Å². The summed E-state index contributed by atoms with van der Waals surface area (Å²) in [6.07, 6.45) is 13.6. The Hall–Kier alpha value is -1.24. The van der Waals surface area contributed by atoms with Crippen molar-refractivity contribution in [3.05, 3.63) is 47.8 Å². The molecule has 1 nitrogen and oxygen atoms in total. The fourth-order valence-electron chi connectivity index (χ4n) is 4.47. The average Bonchev–Trinajstić information content (AvgIpc) is 2.44. The Balaban J connectivity index is 2.42. The smallest absolute Gasteiger partial charge is 0.125 e. The maximum Gasteiger partial charge on any atom is 0.125 e. The topological polar surface area (TPSA) is 9.23 Å². The minimum absolute atomic E-state index is 0.630. The van der Waals surface area contributed by atoms with Crippen molar-refractivity contribution in [3.63, 3.8) is 0 Å². The standard InChI is InChI=1S/C20H30O/c1-6-8-9-17(7-2)20(21-5)19-15(4)12-16-10-14(3)11-18(19)13-16/h6-9,14-16,18H,2,10-13H2,1,3-5H3/b8-6-,17-9+,20-19-. The minimum Gasteiger partial charge on any atom is -0.496 e. The molecule has 2 aliphatic carbocycles. The molecule has 2 saturated carbocycles. The number of methoxy groups -OCH3 is 1. The molecule has 0 amide bonds. The lowest BCUT2D eigenvalue weighted by molar-refractivity contribution is 0.151. The Bertz CT molecular complexity index is 462. The predicted octanol–water partition coefficient (Wildman–Crippen LogP) is 5.67. The molecule has 4 unspecified atom stereocenters. The number of allylic oxidation sites excluding steroid dienone is 5. The van der Waals surface area contributed by atoms with E-state index in [1.165, 1.54) is 31.3 Å². The van der Waals surface area contributed by atoms with Gasteiger partial charge in [0.25, 0.3) is 0 Å². The van der Waals surface area contributed by atoms with Gasteiger partial charge < -0.3 is 4.74 Å². The Morgan fingerprint density at radius 1 is 1.19 bits per heavy atom. The summed E-state index contributed by atoms with van der Waals surface area (Å²) < 4.78 is 5.84. The van der Waals surface area contributed by atoms with Gasteiger partial charge in [-0.3, -0.25) is 0 Å². The number of rotatable bonds is 4. The van der Waals surface area contributed by atoms with Gasteiger partial charge in [-0.15, -0.1) is 0 Å². The lowest BCUT2D eigenvalue weighted by Gasteiger charge is -2.43. The van der Waals surface area contributed by atoms with E-state index in [9.17, 15) is 0 Å². The first-order valence-electron chi connectivity index (χ1n) is 8.34. The van der Waals surface area contributed by atoms with Crippen molar-refractivity contribution in [1.82, 2.24) is 0 Å². The molecule has 0 aromatic rings. The van der Waals surface area contributed by atoms with Crippen LogP contribution >= 0.6 is 0 Å². The van der Waals surface area contributed by atoms with E-state index in [0.717, 1.165) is 23.2 Å². The third-order valence-electron chi connectivity index (χ3n) is 5.11. The summed E-state index contributed by atoms with van der Waals surface area (Å²) in [5, 5.41) is 0. The first-order chi connectivity index (χ1) is 10.1. The Morgan fingerprint density at radius 2 is 1.95 bits per heavy atom. The normalized spacial score (nSPS) is 35.7. The first kappa shape index (κ1) is 16.1. The lowest BCUT2D eigenvalue weighted by Crippen LogP contribution is -2.32. The van der Waals surface area contributed by atoms with Crippen LogP contribution in [-0.4, -0.2) is 7.11 Å². The summed E-state index contributed by atoms with van der Waals surface area (Å²) in [5.74, 6) is 4.17. The second kappa shape index (κ2) is 7.15. The summed E-state index contributed by atoms with van der Waals surface area (Å²) in [6, 6.07) is 0. The highest BCUT2D eigenvalue weighted by molar-refractivity contribution is 5.42. The Morgan fingerprint density at radius 3 is 2.57 bits per heavy atom.